The van der Waals surface area contributed by atoms with E-state index >= 15 is 0 Å². The summed E-state index contributed by atoms with van der Waals surface area (Å²) < 4.78 is 6.82. The maximum Gasteiger partial charge on any atom is 0.255 e. The molecule has 134 valence electrons. The van der Waals surface area contributed by atoms with Crippen LogP contribution in [0.3, 0.4) is 0 Å². The molecule has 0 unspecified atom stereocenters. The molecular formula is C20H22N4O2. The Hall–Kier alpha value is -2.99. The second-order valence-electron chi connectivity index (χ2n) is 5.89. The summed E-state index contributed by atoms with van der Waals surface area (Å²) in [6.07, 6.45) is 4.00. The van der Waals surface area contributed by atoms with Crippen LogP contribution >= 0.6 is 0 Å². The zero-order chi connectivity index (χ0) is 18.4. The van der Waals surface area contributed by atoms with Crippen molar-refractivity contribution in [2.75, 3.05) is 7.11 Å². The average molecular weight is 350 g/mol. The van der Waals surface area contributed by atoms with Crippen LogP contribution in [0.25, 0.3) is 5.82 Å². The standard InChI is InChI=1S/C20H22N4O2/c1-3-18-17(13-23-24(18)19-6-4-5-11-21-19)20(25)22-12-15-7-9-16(10-8-15)14-26-2/h4-11,13H,3,12,14H2,1-2H3,(H,22,25). The van der Waals surface area contributed by atoms with E-state index in [0.29, 0.717) is 31.0 Å². The van der Waals surface area contributed by atoms with E-state index in [4.69, 9.17) is 4.74 Å². The van der Waals surface area contributed by atoms with E-state index < -0.39 is 0 Å². The van der Waals surface area contributed by atoms with Gasteiger partial charge in [-0.1, -0.05) is 37.3 Å². The van der Waals surface area contributed by atoms with Crippen LogP contribution < -0.4 is 5.32 Å². The lowest BCUT2D eigenvalue weighted by molar-refractivity contribution is 0.0950. The van der Waals surface area contributed by atoms with Crippen LogP contribution in [0.1, 0.15) is 34.1 Å². The molecule has 0 spiro atoms. The zero-order valence-corrected chi connectivity index (χ0v) is 15.0. The van der Waals surface area contributed by atoms with Crippen LogP contribution in [-0.4, -0.2) is 27.8 Å². The number of carbonyl (C=O) groups is 1. The number of nitrogens with zero attached hydrogens (tertiary/aromatic N) is 3. The first-order valence-corrected chi connectivity index (χ1v) is 8.56. The van der Waals surface area contributed by atoms with Crippen LogP contribution in [0.4, 0.5) is 0 Å². The summed E-state index contributed by atoms with van der Waals surface area (Å²) in [5.41, 5.74) is 3.56. The Balaban J connectivity index is 1.71. The lowest BCUT2D eigenvalue weighted by Gasteiger charge is -2.08. The quantitative estimate of drug-likeness (QED) is 0.711. The van der Waals surface area contributed by atoms with Crippen LogP contribution in [0.15, 0.2) is 54.9 Å². The number of nitrogens with one attached hydrogen (secondary N) is 1. The minimum Gasteiger partial charge on any atom is -0.380 e. The smallest absolute Gasteiger partial charge is 0.255 e. The number of aromatic nitrogens is 3. The highest BCUT2D eigenvalue weighted by molar-refractivity contribution is 5.95. The third-order valence-electron chi connectivity index (χ3n) is 4.10. The molecule has 3 aromatic rings. The van der Waals surface area contributed by atoms with Gasteiger partial charge in [-0.05, 0) is 29.7 Å². The van der Waals surface area contributed by atoms with Gasteiger partial charge in [0.25, 0.3) is 5.91 Å². The van der Waals surface area contributed by atoms with E-state index in [-0.39, 0.29) is 5.91 Å². The molecule has 0 aliphatic heterocycles. The first kappa shape index (κ1) is 17.8. The van der Waals surface area contributed by atoms with Crippen LogP contribution in [-0.2, 0) is 24.3 Å². The van der Waals surface area contributed by atoms with E-state index in [2.05, 4.69) is 15.4 Å². The van der Waals surface area contributed by atoms with E-state index in [9.17, 15) is 4.79 Å². The van der Waals surface area contributed by atoms with Gasteiger partial charge in [0.05, 0.1) is 24.1 Å². The molecule has 0 fully saturated rings. The summed E-state index contributed by atoms with van der Waals surface area (Å²) in [5, 5.41) is 7.31. The van der Waals surface area contributed by atoms with Crippen LogP contribution in [0.5, 0.6) is 0 Å². The molecule has 0 saturated carbocycles. The van der Waals surface area contributed by atoms with Gasteiger partial charge in [-0.3, -0.25) is 4.79 Å². The number of carbonyl (C=O) groups excluding carboxylic acids is 1. The van der Waals surface area contributed by atoms with Gasteiger partial charge in [0.15, 0.2) is 5.82 Å². The predicted molar refractivity (Wildman–Crippen MR) is 99.1 cm³/mol. The van der Waals surface area contributed by atoms with Gasteiger partial charge < -0.3 is 10.1 Å². The number of hydrogen-bond acceptors (Lipinski definition) is 4. The van der Waals surface area contributed by atoms with Gasteiger partial charge in [0, 0.05) is 19.9 Å². The van der Waals surface area contributed by atoms with E-state index in [1.807, 2.05) is 49.4 Å². The SMILES string of the molecule is CCc1c(C(=O)NCc2ccc(COC)cc2)cnn1-c1ccccn1. The van der Waals surface area contributed by atoms with Gasteiger partial charge in [-0.15, -0.1) is 0 Å². The first-order valence-electron chi connectivity index (χ1n) is 8.56. The van der Waals surface area contributed by atoms with Crippen molar-refractivity contribution < 1.29 is 9.53 Å². The molecule has 1 amide bonds. The minimum absolute atomic E-state index is 0.134. The lowest BCUT2D eigenvalue weighted by atomic mass is 10.1. The summed E-state index contributed by atoms with van der Waals surface area (Å²) in [6, 6.07) is 13.6. The molecule has 0 aliphatic rings. The molecule has 6 nitrogen and oxygen atoms in total. The molecule has 0 aliphatic carbocycles. The maximum absolute atomic E-state index is 12.6. The maximum atomic E-state index is 12.6. The molecule has 26 heavy (non-hydrogen) atoms. The molecule has 2 heterocycles. The molecule has 0 bridgehead atoms. The number of methoxy groups -OCH3 is 1. The summed E-state index contributed by atoms with van der Waals surface area (Å²) in [4.78, 5) is 16.9. The second-order valence-corrected chi connectivity index (χ2v) is 5.89. The van der Waals surface area contributed by atoms with Crippen LogP contribution in [0.2, 0.25) is 0 Å². The monoisotopic (exact) mass is 350 g/mol. The largest absolute Gasteiger partial charge is 0.380 e. The van der Waals surface area contributed by atoms with E-state index in [1.54, 1.807) is 24.2 Å². The molecule has 0 atom stereocenters. The zero-order valence-electron chi connectivity index (χ0n) is 15.0. The fraction of sp³-hybridized carbons (Fsp3) is 0.250. The number of amides is 1. The van der Waals surface area contributed by atoms with Crippen molar-refractivity contribution in [3.05, 3.63) is 77.2 Å². The average Bonchev–Trinajstić information content (AvgIpc) is 3.12. The Morgan fingerprint density at radius 1 is 1.15 bits per heavy atom. The molecule has 0 radical (unpaired) electrons. The van der Waals surface area contributed by atoms with E-state index in [1.165, 1.54) is 0 Å². The van der Waals surface area contributed by atoms with Crippen molar-refractivity contribution in [2.24, 2.45) is 0 Å². The molecule has 0 saturated heterocycles. The fourth-order valence-corrected chi connectivity index (χ4v) is 2.78. The Morgan fingerprint density at radius 3 is 2.58 bits per heavy atom. The third-order valence-corrected chi connectivity index (χ3v) is 4.10. The summed E-state index contributed by atoms with van der Waals surface area (Å²) in [5.74, 6) is 0.571. The van der Waals surface area contributed by atoms with Gasteiger partial charge in [0.1, 0.15) is 0 Å². The van der Waals surface area contributed by atoms with Crippen molar-refractivity contribution in [3.63, 3.8) is 0 Å². The molecule has 1 aromatic carbocycles. The highest BCUT2D eigenvalue weighted by Crippen LogP contribution is 2.14. The first-order chi connectivity index (χ1) is 12.7. The Morgan fingerprint density at radius 2 is 1.92 bits per heavy atom. The Kier molecular flexibility index (Phi) is 5.76. The molecular weight excluding hydrogens is 328 g/mol. The van der Waals surface area contributed by atoms with E-state index in [0.717, 1.165) is 16.8 Å². The lowest BCUT2D eigenvalue weighted by Crippen LogP contribution is -2.23. The summed E-state index contributed by atoms with van der Waals surface area (Å²) in [6.45, 7) is 3.05. The van der Waals surface area contributed by atoms with Gasteiger partial charge in [-0.25, -0.2) is 9.67 Å². The number of hydrogen-bond donors (Lipinski definition) is 1. The number of benzene rings is 1. The van der Waals surface area contributed by atoms with Crippen molar-refractivity contribution in [1.29, 1.82) is 0 Å². The van der Waals surface area contributed by atoms with Gasteiger partial charge >= 0.3 is 0 Å². The number of ether oxygens (including phenoxy) is 1. The highest BCUT2D eigenvalue weighted by Gasteiger charge is 2.17. The Bertz CT molecular complexity index is 857. The minimum atomic E-state index is -0.134. The normalized spacial score (nSPS) is 10.7. The predicted octanol–water partition coefficient (Wildman–Crippen LogP) is 2.91. The fourth-order valence-electron chi connectivity index (χ4n) is 2.78. The molecule has 2 aromatic heterocycles. The molecule has 1 N–H and O–H groups in total. The summed E-state index contributed by atoms with van der Waals surface area (Å²) >= 11 is 0. The molecule has 6 heteroatoms. The van der Waals surface area contributed by atoms with Gasteiger partial charge in [0.2, 0.25) is 0 Å². The van der Waals surface area contributed by atoms with Gasteiger partial charge in [-0.2, -0.15) is 5.10 Å². The molecule has 3 rings (SSSR count). The number of rotatable bonds is 7. The number of pyridine rings is 1. The second kappa shape index (κ2) is 8.40. The highest BCUT2D eigenvalue weighted by atomic mass is 16.5. The van der Waals surface area contributed by atoms with Crippen molar-refractivity contribution in [1.82, 2.24) is 20.1 Å². The summed E-state index contributed by atoms with van der Waals surface area (Å²) in [7, 11) is 1.67. The van der Waals surface area contributed by atoms with Crippen molar-refractivity contribution >= 4 is 5.91 Å². The topological polar surface area (TPSA) is 69.0 Å². The van der Waals surface area contributed by atoms with Crippen LogP contribution in [0, 0.1) is 0 Å². The Labute approximate surface area is 152 Å². The van der Waals surface area contributed by atoms with Crippen molar-refractivity contribution in [2.45, 2.75) is 26.5 Å². The third kappa shape index (κ3) is 3.97. The van der Waals surface area contributed by atoms with Crippen molar-refractivity contribution in [3.8, 4) is 5.82 Å².